The fraction of sp³-hybridized carbons (Fsp3) is 0.500. The highest BCUT2D eigenvalue weighted by Gasteiger charge is 2.43. The molecule has 2 aliphatic rings. The van der Waals surface area contributed by atoms with Crippen LogP contribution in [0.25, 0.3) is 22.1 Å². The molecular formula is C26H33N9O2S. The smallest absolute Gasteiger partial charge is 0.271 e. The highest BCUT2D eigenvalue weighted by atomic mass is 32.1. The second kappa shape index (κ2) is 9.35. The van der Waals surface area contributed by atoms with E-state index in [0.29, 0.717) is 64.4 Å². The van der Waals surface area contributed by atoms with E-state index in [1.54, 1.807) is 18.3 Å². The summed E-state index contributed by atoms with van der Waals surface area (Å²) in [6, 6.07) is 2.72. The van der Waals surface area contributed by atoms with Crippen LogP contribution in [0, 0.1) is 6.92 Å². The summed E-state index contributed by atoms with van der Waals surface area (Å²) in [5, 5.41) is 4.79. The highest BCUT2D eigenvalue weighted by molar-refractivity contribution is 7.17. The van der Waals surface area contributed by atoms with Crippen molar-refractivity contribution < 1.29 is 9.59 Å². The zero-order valence-electron chi connectivity index (χ0n) is 22.2. The summed E-state index contributed by atoms with van der Waals surface area (Å²) in [6.07, 6.45) is 6.12. The van der Waals surface area contributed by atoms with Gasteiger partial charge < -0.3 is 30.0 Å². The van der Waals surface area contributed by atoms with Gasteiger partial charge >= 0.3 is 0 Å². The van der Waals surface area contributed by atoms with Crippen molar-refractivity contribution >= 4 is 56.2 Å². The Morgan fingerprint density at radius 3 is 2.53 bits per heavy atom. The number of nitrogens with two attached hydrogens (primary N) is 1. The third kappa shape index (κ3) is 4.11. The first kappa shape index (κ1) is 24.8. The van der Waals surface area contributed by atoms with Gasteiger partial charge in [0.25, 0.3) is 11.8 Å². The van der Waals surface area contributed by atoms with Crippen molar-refractivity contribution in [3.8, 4) is 0 Å². The van der Waals surface area contributed by atoms with E-state index in [1.807, 2.05) is 36.1 Å². The summed E-state index contributed by atoms with van der Waals surface area (Å²) < 4.78 is 3.97. The summed E-state index contributed by atoms with van der Waals surface area (Å²) in [5.41, 5.74) is 9.27. The first-order valence-electron chi connectivity index (χ1n) is 13.2. The van der Waals surface area contributed by atoms with Gasteiger partial charge in [-0.15, -0.1) is 0 Å². The number of likely N-dealkylation sites (N-methyl/N-ethyl adjacent to an activating group) is 1. The monoisotopic (exact) mass is 535 g/mol. The summed E-state index contributed by atoms with van der Waals surface area (Å²) in [5.74, 6) is 0.535. The zero-order valence-corrected chi connectivity index (χ0v) is 23.0. The van der Waals surface area contributed by atoms with Crippen molar-refractivity contribution in [3.63, 3.8) is 0 Å². The number of nitrogens with one attached hydrogen (secondary N) is 1. The first-order chi connectivity index (χ1) is 18.3. The van der Waals surface area contributed by atoms with Crippen molar-refractivity contribution in [2.24, 2.45) is 12.8 Å². The van der Waals surface area contributed by atoms with Crippen LogP contribution >= 0.6 is 11.3 Å². The Kier molecular flexibility index (Phi) is 6.10. The van der Waals surface area contributed by atoms with Crippen LogP contribution in [0.5, 0.6) is 0 Å². The standard InChI is InChI=1S/C26H33N9O2S/c1-5-34-18(24(36)35(15-6-7-15)16-8-9-16)12-17-20-19(28-13-33(20)4)22(30-23(17)34)31-26-29-14(2)21(38-26)25(37)32(3)11-10-27/h12-13,15-16H,5-11,27H2,1-4H3,(H,29,30,31). The molecule has 0 bridgehead atoms. The number of hydrogen-bond acceptors (Lipinski definition) is 8. The molecule has 0 unspecified atom stereocenters. The van der Waals surface area contributed by atoms with Gasteiger partial charge in [-0.2, -0.15) is 0 Å². The molecule has 38 heavy (non-hydrogen) atoms. The lowest BCUT2D eigenvalue weighted by Gasteiger charge is -2.22. The number of rotatable bonds is 9. The van der Waals surface area contributed by atoms with Crippen LogP contribution in [0.2, 0.25) is 0 Å². The number of nitrogens with zero attached hydrogens (tertiary/aromatic N) is 7. The number of aryl methyl sites for hydroxylation is 3. The largest absolute Gasteiger partial charge is 0.340 e. The molecule has 0 atom stereocenters. The van der Waals surface area contributed by atoms with Crippen molar-refractivity contribution in [2.45, 2.75) is 58.2 Å². The molecule has 2 aliphatic carbocycles. The molecule has 0 radical (unpaired) electrons. The van der Waals surface area contributed by atoms with Crippen LogP contribution < -0.4 is 11.1 Å². The fourth-order valence-corrected chi connectivity index (χ4v) is 6.14. The van der Waals surface area contributed by atoms with Crippen LogP contribution in [-0.4, -0.2) is 77.9 Å². The maximum Gasteiger partial charge on any atom is 0.271 e. The molecule has 200 valence electrons. The van der Waals surface area contributed by atoms with E-state index < -0.39 is 0 Å². The van der Waals surface area contributed by atoms with Gasteiger partial charge in [-0.05, 0) is 45.6 Å². The molecule has 4 aromatic rings. The maximum atomic E-state index is 13.8. The first-order valence-corrected chi connectivity index (χ1v) is 14.0. The molecule has 0 saturated heterocycles. The average Bonchev–Trinajstić information content (AvgIpc) is 3.81. The third-order valence-corrected chi connectivity index (χ3v) is 8.44. The normalized spacial score (nSPS) is 15.4. The molecule has 12 heteroatoms. The second-order valence-corrected chi connectivity index (χ2v) is 11.3. The summed E-state index contributed by atoms with van der Waals surface area (Å²) in [4.78, 5) is 45.1. The van der Waals surface area contributed by atoms with E-state index >= 15 is 0 Å². The number of amides is 2. The minimum Gasteiger partial charge on any atom is -0.340 e. The van der Waals surface area contributed by atoms with E-state index in [0.717, 1.165) is 42.2 Å². The van der Waals surface area contributed by atoms with Gasteiger partial charge in [0.05, 0.1) is 17.5 Å². The lowest BCUT2D eigenvalue weighted by atomic mass is 10.2. The Hall–Kier alpha value is -3.51. The summed E-state index contributed by atoms with van der Waals surface area (Å²) >= 11 is 1.29. The molecule has 6 rings (SSSR count). The number of imidazole rings is 1. The molecule has 4 aromatic heterocycles. The Morgan fingerprint density at radius 1 is 1.18 bits per heavy atom. The molecule has 3 N–H and O–H groups in total. The Balaban J connectivity index is 1.42. The van der Waals surface area contributed by atoms with Crippen LogP contribution in [0.15, 0.2) is 12.4 Å². The highest BCUT2D eigenvalue weighted by Crippen LogP contribution is 2.40. The molecule has 2 fully saturated rings. The van der Waals surface area contributed by atoms with Crippen LogP contribution in [0.3, 0.4) is 0 Å². The van der Waals surface area contributed by atoms with E-state index in [2.05, 4.69) is 20.2 Å². The van der Waals surface area contributed by atoms with Crippen molar-refractivity contribution in [3.05, 3.63) is 28.7 Å². The van der Waals surface area contributed by atoms with E-state index in [1.165, 1.54) is 11.3 Å². The molecule has 2 amide bonds. The number of anilines is 2. The van der Waals surface area contributed by atoms with Gasteiger partial charge in [0, 0.05) is 51.2 Å². The minimum absolute atomic E-state index is 0.0972. The molecule has 11 nitrogen and oxygen atoms in total. The van der Waals surface area contributed by atoms with Crippen molar-refractivity contribution in [2.75, 3.05) is 25.5 Å². The molecule has 0 aromatic carbocycles. The number of fused-ring (bicyclic) bond motifs is 3. The van der Waals surface area contributed by atoms with Gasteiger partial charge in [-0.1, -0.05) is 11.3 Å². The Labute approximate surface area is 224 Å². The van der Waals surface area contributed by atoms with Gasteiger partial charge in [-0.25, -0.2) is 15.0 Å². The van der Waals surface area contributed by atoms with E-state index in [-0.39, 0.29) is 11.8 Å². The molecule has 0 spiro atoms. The van der Waals surface area contributed by atoms with E-state index in [4.69, 9.17) is 10.7 Å². The second-order valence-electron chi connectivity index (χ2n) is 10.3. The molecule has 0 aliphatic heterocycles. The van der Waals surface area contributed by atoms with Gasteiger partial charge in [-0.3, -0.25) is 9.59 Å². The summed E-state index contributed by atoms with van der Waals surface area (Å²) in [6.45, 7) is 5.35. The number of carbonyl (C=O) groups is 2. The lowest BCUT2D eigenvalue weighted by Crippen LogP contribution is -2.36. The predicted molar refractivity (Wildman–Crippen MR) is 148 cm³/mol. The Bertz CT molecular complexity index is 1550. The number of thiazole rings is 1. The summed E-state index contributed by atoms with van der Waals surface area (Å²) in [7, 11) is 3.68. The topological polar surface area (TPSA) is 127 Å². The average molecular weight is 536 g/mol. The van der Waals surface area contributed by atoms with Crippen LogP contribution in [-0.2, 0) is 13.6 Å². The molecule has 4 heterocycles. The minimum atomic E-state index is -0.108. The quantitative estimate of drug-likeness (QED) is 0.337. The Morgan fingerprint density at radius 2 is 1.89 bits per heavy atom. The van der Waals surface area contributed by atoms with Crippen LogP contribution in [0.1, 0.15) is 58.5 Å². The molecule has 2 saturated carbocycles. The van der Waals surface area contributed by atoms with Crippen molar-refractivity contribution in [1.82, 2.24) is 33.9 Å². The van der Waals surface area contributed by atoms with Crippen LogP contribution in [0.4, 0.5) is 10.9 Å². The van der Waals surface area contributed by atoms with Gasteiger partial charge in [0.1, 0.15) is 21.7 Å². The number of carbonyl (C=O) groups excluding carboxylic acids is 2. The maximum absolute atomic E-state index is 13.8. The van der Waals surface area contributed by atoms with E-state index in [9.17, 15) is 9.59 Å². The SMILES string of the molecule is CCn1c(C(=O)N(C2CC2)C2CC2)cc2c3c(ncn3C)c(Nc3nc(C)c(C(=O)N(C)CCN)s3)nc21. The third-order valence-electron chi connectivity index (χ3n) is 7.38. The zero-order chi connectivity index (χ0) is 26.7. The number of pyridine rings is 1. The lowest BCUT2D eigenvalue weighted by molar-refractivity contribution is 0.0718. The van der Waals surface area contributed by atoms with Crippen molar-refractivity contribution in [1.29, 1.82) is 0 Å². The predicted octanol–water partition coefficient (Wildman–Crippen LogP) is 3.25. The van der Waals surface area contributed by atoms with Gasteiger partial charge in [0.15, 0.2) is 10.9 Å². The fourth-order valence-electron chi connectivity index (χ4n) is 5.18. The number of hydrogen-bond donors (Lipinski definition) is 2. The number of aromatic nitrogens is 5. The molecular weight excluding hydrogens is 502 g/mol. The van der Waals surface area contributed by atoms with Gasteiger partial charge in [0.2, 0.25) is 0 Å².